The van der Waals surface area contributed by atoms with E-state index >= 15 is 0 Å². The molecule has 2 heterocycles. The number of fused-ring (bicyclic) bond motifs is 1. The molecule has 0 saturated heterocycles. The zero-order valence-electron chi connectivity index (χ0n) is 14.1. The molecule has 0 N–H and O–H groups in total. The molecule has 0 fully saturated rings. The van der Waals surface area contributed by atoms with Crippen LogP contribution >= 0.6 is 0 Å². The molecule has 1 atom stereocenters. The number of halogens is 1. The van der Waals surface area contributed by atoms with Crippen molar-refractivity contribution in [2.75, 3.05) is 0 Å². The fourth-order valence-corrected chi connectivity index (χ4v) is 2.77. The molecule has 0 spiro atoms. The fourth-order valence-electron chi connectivity index (χ4n) is 2.77. The number of hydrogen-bond donors (Lipinski definition) is 0. The fraction of sp³-hybridized carbons (Fsp3) is 0.368. The smallest absolute Gasteiger partial charge is 0.414 e. The first-order valence-corrected chi connectivity index (χ1v) is 8.08. The van der Waals surface area contributed by atoms with Gasteiger partial charge in [-0.25, -0.2) is 9.18 Å². The summed E-state index contributed by atoms with van der Waals surface area (Å²) in [4.78, 5) is 18.6. The lowest BCUT2D eigenvalue weighted by molar-refractivity contribution is 0.0245. The summed E-state index contributed by atoms with van der Waals surface area (Å²) in [6.45, 7) is 5.51. The number of amides is 1. The number of rotatable bonds is 1. The Balaban J connectivity index is 1.93. The summed E-state index contributed by atoms with van der Waals surface area (Å²) < 4.78 is 18.9. The predicted octanol–water partition coefficient (Wildman–Crippen LogP) is 4.96. The molecule has 0 aliphatic carbocycles. The number of nitrogens with zero attached hydrogens (tertiary/aromatic N) is 2. The van der Waals surface area contributed by atoms with Crippen molar-refractivity contribution in [3.63, 3.8) is 0 Å². The van der Waals surface area contributed by atoms with Crippen molar-refractivity contribution in [2.24, 2.45) is 0 Å². The van der Waals surface area contributed by atoms with E-state index in [1.807, 2.05) is 39.0 Å². The summed E-state index contributed by atoms with van der Waals surface area (Å²) in [6, 6.07) is 8.12. The molecule has 0 saturated carbocycles. The minimum absolute atomic E-state index is 0.211. The van der Waals surface area contributed by atoms with Gasteiger partial charge in [0, 0.05) is 17.7 Å². The second kappa shape index (κ2) is 6.23. The van der Waals surface area contributed by atoms with Crippen LogP contribution in [0.4, 0.5) is 9.18 Å². The molecule has 1 aliphatic heterocycles. The van der Waals surface area contributed by atoms with Crippen LogP contribution in [0.3, 0.4) is 0 Å². The molecule has 2 aromatic rings. The maximum absolute atomic E-state index is 13.5. The molecule has 126 valence electrons. The highest BCUT2D eigenvalue weighted by Crippen LogP contribution is 2.31. The molecule has 1 amide bonds. The van der Waals surface area contributed by atoms with E-state index in [1.54, 1.807) is 17.2 Å². The van der Waals surface area contributed by atoms with Gasteiger partial charge in [-0.1, -0.05) is 12.1 Å². The van der Waals surface area contributed by atoms with Crippen LogP contribution in [-0.4, -0.2) is 21.6 Å². The summed E-state index contributed by atoms with van der Waals surface area (Å²) in [5, 5.41) is 0.871. The van der Waals surface area contributed by atoms with Crippen molar-refractivity contribution in [3.05, 3.63) is 54.1 Å². The Morgan fingerprint density at radius 1 is 1.29 bits per heavy atom. The lowest BCUT2D eigenvalue weighted by atomic mass is 10.0. The van der Waals surface area contributed by atoms with Gasteiger partial charge in [-0.2, -0.15) is 0 Å². The van der Waals surface area contributed by atoms with E-state index in [4.69, 9.17) is 4.74 Å². The monoisotopic (exact) mass is 328 g/mol. The van der Waals surface area contributed by atoms with E-state index < -0.39 is 11.7 Å². The van der Waals surface area contributed by atoms with E-state index in [0.717, 1.165) is 23.9 Å². The van der Waals surface area contributed by atoms with Crippen molar-refractivity contribution in [1.29, 1.82) is 0 Å². The van der Waals surface area contributed by atoms with Crippen LogP contribution in [0, 0.1) is 5.82 Å². The zero-order valence-corrected chi connectivity index (χ0v) is 14.1. The van der Waals surface area contributed by atoms with E-state index in [-0.39, 0.29) is 11.9 Å². The Bertz CT molecular complexity index is 796. The SMILES string of the molecule is CC(C)(C)OC(=O)N1C=CCCC1c1ccc2ccc(F)cc2n1. The minimum atomic E-state index is -0.563. The summed E-state index contributed by atoms with van der Waals surface area (Å²) in [5.41, 5.74) is 0.766. The standard InChI is InChI=1S/C19H21FN2O2/c1-19(2,3)24-18(23)22-11-5-4-6-17(22)15-10-8-13-7-9-14(20)12-16(13)21-15/h5,7-12,17H,4,6H2,1-3H3. The third-order valence-corrected chi connectivity index (χ3v) is 3.83. The van der Waals surface area contributed by atoms with E-state index in [2.05, 4.69) is 4.98 Å². The lowest BCUT2D eigenvalue weighted by Gasteiger charge is -2.33. The van der Waals surface area contributed by atoms with Crippen LogP contribution in [0.1, 0.15) is 45.3 Å². The first kappa shape index (κ1) is 16.4. The summed E-state index contributed by atoms with van der Waals surface area (Å²) >= 11 is 0. The molecular formula is C19H21FN2O2. The quantitative estimate of drug-likeness (QED) is 0.743. The predicted molar refractivity (Wildman–Crippen MR) is 90.9 cm³/mol. The normalized spacial score (nSPS) is 18.0. The average Bonchev–Trinajstić information content (AvgIpc) is 2.52. The molecule has 0 bridgehead atoms. The maximum Gasteiger partial charge on any atom is 0.414 e. The van der Waals surface area contributed by atoms with Gasteiger partial charge in [0.15, 0.2) is 0 Å². The highest BCUT2D eigenvalue weighted by atomic mass is 19.1. The van der Waals surface area contributed by atoms with Gasteiger partial charge in [-0.05, 0) is 51.8 Å². The number of pyridine rings is 1. The van der Waals surface area contributed by atoms with Crippen LogP contribution in [-0.2, 0) is 4.74 Å². The zero-order chi connectivity index (χ0) is 17.3. The number of hydrogen-bond acceptors (Lipinski definition) is 3. The van der Waals surface area contributed by atoms with Gasteiger partial charge in [-0.3, -0.25) is 9.88 Å². The molecule has 5 heteroatoms. The molecule has 1 aliphatic rings. The summed E-state index contributed by atoms with van der Waals surface area (Å²) in [5.74, 6) is -0.320. The molecule has 1 aromatic carbocycles. The minimum Gasteiger partial charge on any atom is -0.443 e. The molecule has 24 heavy (non-hydrogen) atoms. The van der Waals surface area contributed by atoms with Crippen LogP contribution in [0.15, 0.2) is 42.6 Å². The average molecular weight is 328 g/mol. The molecule has 0 radical (unpaired) electrons. The van der Waals surface area contributed by atoms with Crippen LogP contribution in [0.2, 0.25) is 0 Å². The second-order valence-electron chi connectivity index (χ2n) is 6.94. The Hall–Kier alpha value is -2.43. The van der Waals surface area contributed by atoms with E-state index in [9.17, 15) is 9.18 Å². The number of benzene rings is 1. The summed E-state index contributed by atoms with van der Waals surface area (Å²) in [7, 11) is 0. The molecule has 3 rings (SSSR count). The van der Waals surface area contributed by atoms with Gasteiger partial charge >= 0.3 is 6.09 Å². The van der Waals surface area contributed by atoms with E-state index in [0.29, 0.717) is 5.52 Å². The number of ether oxygens (including phenoxy) is 1. The van der Waals surface area contributed by atoms with Gasteiger partial charge in [0.1, 0.15) is 11.4 Å². The number of aromatic nitrogens is 1. The van der Waals surface area contributed by atoms with Crippen molar-refractivity contribution in [2.45, 2.75) is 45.3 Å². The van der Waals surface area contributed by atoms with Crippen molar-refractivity contribution < 1.29 is 13.9 Å². The Morgan fingerprint density at radius 2 is 2.04 bits per heavy atom. The molecular weight excluding hydrogens is 307 g/mol. The first-order valence-electron chi connectivity index (χ1n) is 8.08. The molecule has 1 unspecified atom stereocenters. The third kappa shape index (κ3) is 3.55. The Kier molecular flexibility index (Phi) is 4.26. The number of allylic oxidation sites excluding steroid dienone is 1. The number of carbonyl (C=O) groups excluding carboxylic acids is 1. The highest BCUT2D eigenvalue weighted by Gasteiger charge is 2.30. The first-order chi connectivity index (χ1) is 11.3. The summed E-state index contributed by atoms with van der Waals surface area (Å²) in [6.07, 6.45) is 4.90. The third-order valence-electron chi connectivity index (χ3n) is 3.83. The van der Waals surface area contributed by atoms with Crippen LogP contribution in [0.5, 0.6) is 0 Å². The number of carbonyl (C=O) groups is 1. The maximum atomic E-state index is 13.5. The molecule has 4 nitrogen and oxygen atoms in total. The van der Waals surface area contributed by atoms with Gasteiger partial charge in [0.05, 0.1) is 17.3 Å². The second-order valence-corrected chi connectivity index (χ2v) is 6.94. The van der Waals surface area contributed by atoms with Crippen molar-refractivity contribution >= 4 is 17.0 Å². The molecule has 1 aromatic heterocycles. The van der Waals surface area contributed by atoms with Crippen LogP contribution < -0.4 is 0 Å². The van der Waals surface area contributed by atoms with Gasteiger partial charge in [-0.15, -0.1) is 0 Å². The Morgan fingerprint density at radius 3 is 2.79 bits per heavy atom. The van der Waals surface area contributed by atoms with Gasteiger partial charge < -0.3 is 4.74 Å². The van der Waals surface area contributed by atoms with E-state index in [1.165, 1.54) is 12.1 Å². The Labute approximate surface area is 140 Å². The van der Waals surface area contributed by atoms with Crippen LogP contribution in [0.25, 0.3) is 10.9 Å². The van der Waals surface area contributed by atoms with Crippen molar-refractivity contribution in [3.8, 4) is 0 Å². The van der Waals surface area contributed by atoms with Gasteiger partial charge in [0.25, 0.3) is 0 Å². The van der Waals surface area contributed by atoms with Gasteiger partial charge in [0.2, 0.25) is 0 Å². The highest BCUT2D eigenvalue weighted by molar-refractivity contribution is 5.79. The topological polar surface area (TPSA) is 42.4 Å². The van der Waals surface area contributed by atoms with Crippen molar-refractivity contribution in [1.82, 2.24) is 9.88 Å². The largest absolute Gasteiger partial charge is 0.443 e. The lowest BCUT2D eigenvalue weighted by Crippen LogP contribution is -2.37.